The minimum absolute atomic E-state index is 0. The van der Waals surface area contributed by atoms with Crippen molar-refractivity contribution in [3.63, 3.8) is 0 Å². The van der Waals surface area contributed by atoms with Gasteiger partial charge in [0.25, 0.3) is 0 Å². The molecule has 0 atom stereocenters. The quantitative estimate of drug-likeness (QED) is 0.556. The van der Waals surface area contributed by atoms with Gasteiger partial charge >= 0.3 is 35.5 Å². The van der Waals surface area contributed by atoms with Crippen LogP contribution in [-0.2, 0) is 9.47 Å². The fourth-order valence-electron chi connectivity index (χ4n) is 2.48. The zero-order chi connectivity index (χ0) is 16.7. The van der Waals surface area contributed by atoms with Gasteiger partial charge in [-0.2, -0.15) is 7.09 Å². The number of benzene rings is 2. The fourth-order valence-corrected chi connectivity index (χ4v) is 2.48. The first-order valence-corrected chi connectivity index (χ1v) is 7.26. The van der Waals surface area contributed by atoms with Crippen LogP contribution < -0.4 is 34.7 Å². The minimum atomic E-state index is -0.750. The SMILES string of the molecule is CCC1(COC(=O)c2cccc3ccccc23)COC1.[3H]C[O-].[Na+]. The number of hydrogen-bond donors (Lipinski definition) is 0. The van der Waals surface area contributed by atoms with Crippen molar-refractivity contribution in [2.45, 2.75) is 13.3 Å². The van der Waals surface area contributed by atoms with E-state index < -0.39 is 7.09 Å². The van der Waals surface area contributed by atoms with Gasteiger partial charge in [-0.25, -0.2) is 4.79 Å². The molecule has 0 bridgehead atoms. The molecule has 0 unspecified atom stereocenters. The van der Waals surface area contributed by atoms with E-state index in [1.165, 1.54) is 0 Å². The molecule has 0 aromatic heterocycles. The van der Waals surface area contributed by atoms with Gasteiger partial charge in [-0.1, -0.05) is 43.3 Å². The van der Waals surface area contributed by atoms with E-state index in [2.05, 4.69) is 6.92 Å². The van der Waals surface area contributed by atoms with Crippen LogP contribution in [0.2, 0.25) is 0 Å². The molecule has 1 fully saturated rings. The first kappa shape index (κ1) is 18.4. The Morgan fingerprint density at radius 1 is 1.30 bits per heavy atom. The van der Waals surface area contributed by atoms with E-state index in [9.17, 15) is 4.79 Å². The summed E-state index contributed by atoms with van der Waals surface area (Å²) < 4.78 is 16.4. The van der Waals surface area contributed by atoms with E-state index >= 15 is 0 Å². The van der Waals surface area contributed by atoms with Gasteiger partial charge in [0.2, 0.25) is 0 Å². The molecule has 3 rings (SSSR count). The monoisotopic (exact) mass is 326 g/mol. The van der Waals surface area contributed by atoms with Crippen molar-refractivity contribution in [2.75, 3.05) is 26.9 Å². The maximum Gasteiger partial charge on any atom is 1.00 e. The molecule has 0 amide bonds. The Morgan fingerprint density at radius 2 is 1.96 bits per heavy atom. The van der Waals surface area contributed by atoms with E-state index in [0.29, 0.717) is 25.4 Å². The number of fused-ring (bicyclic) bond motifs is 1. The molecule has 1 aliphatic heterocycles. The molecule has 1 aliphatic rings. The van der Waals surface area contributed by atoms with E-state index in [4.69, 9.17) is 16.0 Å². The third-order valence-electron chi connectivity index (χ3n) is 4.09. The van der Waals surface area contributed by atoms with Crippen molar-refractivity contribution in [3.8, 4) is 0 Å². The van der Waals surface area contributed by atoms with Gasteiger partial charge in [-0.15, -0.1) is 0 Å². The Balaban J connectivity index is 0.000000671. The van der Waals surface area contributed by atoms with Gasteiger partial charge in [-0.05, 0) is 23.3 Å². The number of rotatable bonds is 4. The van der Waals surface area contributed by atoms with Crippen LogP contribution in [0.5, 0.6) is 0 Å². The van der Waals surface area contributed by atoms with Crippen molar-refractivity contribution in [1.29, 1.82) is 0 Å². The van der Waals surface area contributed by atoms with E-state index in [0.717, 1.165) is 17.2 Å². The predicted molar refractivity (Wildman–Crippen MR) is 83.7 cm³/mol. The van der Waals surface area contributed by atoms with Gasteiger partial charge in [0.15, 0.2) is 0 Å². The van der Waals surface area contributed by atoms with Crippen LogP contribution in [0.25, 0.3) is 10.8 Å². The van der Waals surface area contributed by atoms with Crippen LogP contribution in [0, 0.1) is 5.41 Å². The molecular formula is C18H21NaO4. The molecule has 5 heteroatoms. The summed E-state index contributed by atoms with van der Waals surface area (Å²) in [5, 5.41) is 10.6. The zero-order valence-electron chi connectivity index (χ0n) is 14.7. The Hall–Kier alpha value is -0.910. The molecule has 0 saturated carbocycles. The molecule has 0 radical (unpaired) electrons. The Morgan fingerprint density at radius 3 is 2.57 bits per heavy atom. The molecule has 2 aromatic carbocycles. The summed E-state index contributed by atoms with van der Waals surface area (Å²) in [6.07, 6.45) is 0.968. The van der Waals surface area contributed by atoms with Gasteiger partial charge in [0.05, 0.1) is 24.2 Å². The molecule has 118 valence electrons. The van der Waals surface area contributed by atoms with E-state index in [1.807, 2.05) is 42.5 Å². The van der Waals surface area contributed by atoms with Crippen LogP contribution >= 0.6 is 0 Å². The molecule has 0 N–H and O–H groups in total. The molecule has 1 saturated heterocycles. The van der Waals surface area contributed by atoms with Gasteiger partial charge < -0.3 is 14.6 Å². The molecule has 1 heterocycles. The van der Waals surface area contributed by atoms with Crippen LogP contribution in [0.3, 0.4) is 0 Å². The summed E-state index contributed by atoms with van der Waals surface area (Å²) in [6, 6.07) is 13.6. The minimum Gasteiger partial charge on any atom is -0.857 e. The Bertz CT molecular complexity index is 648. The smallest absolute Gasteiger partial charge is 0.857 e. The first-order valence-electron chi connectivity index (χ1n) is 7.96. The third-order valence-corrected chi connectivity index (χ3v) is 4.09. The predicted octanol–water partition coefficient (Wildman–Crippen LogP) is -0.596. The summed E-state index contributed by atoms with van der Waals surface area (Å²) in [6.45, 7) is 3.92. The summed E-state index contributed by atoms with van der Waals surface area (Å²) in [5.74, 6) is -0.249. The molecule has 0 spiro atoms. The molecule has 23 heavy (non-hydrogen) atoms. The standard InChI is InChI=1S/C17H18O3.CH3O.Na/c1-2-17(10-19-11-17)12-20-16(18)15-9-5-7-13-6-3-4-8-14(13)15;1-2;/h3-9H,2,10-12H2,1H3;1H3;/q;-1;+1/i;1T;. The Labute approximate surface area is 160 Å². The van der Waals surface area contributed by atoms with Crippen LogP contribution in [-0.4, -0.2) is 32.9 Å². The second-order valence-corrected chi connectivity index (χ2v) is 5.45. The number of esters is 1. The van der Waals surface area contributed by atoms with Crippen molar-refractivity contribution in [1.82, 2.24) is 0 Å². The van der Waals surface area contributed by atoms with Crippen molar-refractivity contribution >= 4 is 16.7 Å². The summed E-state index contributed by atoms with van der Waals surface area (Å²) in [4.78, 5) is 12.3. The van der Waals surface area contributed by atoms with Crippen molar-refractivity contribution in [3.05, 3.63) is 48.0 Å². The van der Waals surface area contributed by atoms with Gasteiger partial charge in [-0.3, -0.25) is 0 Å². The van der Waals surface area contributed by atoms with Crippen molar-refractivity contribution < 1.29 is 50.3 Å². The van der Waals surface area contributed by atoms with Crippen molar-refractivity contribution in [2.24, 2.45) is 5.41 Å². The third kappa shape index (κ3) is 4.55. The zero-order valence-corrected chi connectivity index (χ0v) is 15.7. The molecular weight excluding hydrogens is 303 g/mol. The first-order chi connectivity index (χ1) is 11.2. The molecule has 4 nitrogen and oxygen atoms in total. The summed E-state index contributed by atoms with van der Waals surface area (Å²) >= 11 is 0. The topological polar surface area (TPSA) is 58.6 Å². The average Bonchev–Trinajstić information content (AvgIpc) is 2.54. The second-order valence-electron chi connectivity index (χ2n) is 5.45. The number of carbonyl (C=O) groups excluding carboxylic acids is 1. The Kier molecular flexibility index (Phi) is 7.53. The number of ether oxygens (including phenoxy) is 2. The van der Waals surface area contributed by atoms with E-state index in [1.54, 1.807) is 0 Å². The normalized spacial score (nSPS) is 15.3. The summed E-state index contributed by atoms with van der Waals surface area (Å²) in [5.41, 5.74) is 0.662. The number of carbonyl (C=O) groups is 1. The van der Waals surface area contributed by atoms with E-state index in [-0.39, 0.29) is 40.9 Å². The fraction of sp³-hybridized carbons (Fsp3) is 0.389. The average molecular weight is 326 g/mol. The van der Waals surface area contributed by atoms with Crippen LogP contribution in [0.15, 0.2) is 42.5 Å². The summed E-state index contributed by atoms with van der Waals surface area (Å²) in [7, 11) is -0.750. The molecule has 2 aromatic rings. The van der Waals surface area contributed by atoms with Gasteiger partial charge in [0.1, 0.15) is 6.61 Å². The maximum absolute atomic E-state index is 12.3. The van der Waals surface area contributed by atoms with Gasteiger partial charge in [0, 0.05) is 1.37 Å². The van der Waals surface area contributed by atoms with Crippen LogP contribution in [0.4, 0.5) is 0 Å². The molecule has 0 aliphatic carbocycles. The van der Waals surface area contributed by atoms with Crippen LogP contribution in [0.1, 0.15) is 25.1 Å². The largest absolute Gasteiger partial charge is 1.00 e. The maximum atomic E-state index is 12.3. The number of hydrogen-bond acceptors (Lipinski definition) is 4. The second kappa shape index (κ2) is 9.40.